The van der Waals surface area contributed by atoms with Crippen LogP contribution in [0.5, 0.6) is 0 Å². The van der Waals surface area contributed by atoms with Crippen LogP contribution in [-0.4, -0.2) is 33.8 Å². The molecule has 122 valence electrons. The molecule has 2 aromatic carbocycles. The number of nitrogens with zero attached hydrogens (tertiary/aromatic N) is 5. The van der Waals surface area contributed by atoms with Crippen molar-refractivity contribution in [1.82, 2.24) is 14.8 Å². The predicted molar refractivity (Wildman–Crippen MR) is 91.1 cm³/mol. The molecule has 0 saturated carbocycles. The lowest BCUT2D eigenvalue weighted by Gasteiger charge is -2.19. The van der Waals surface area contributed by atoms with Gasteiger partial charge in [0.05, 0.1) is 0 Å². The molecule has 0 aliphatic heterocycles. The maximum atomic E-state index is 11.1. The second-order valence-corrected chi connectivity index (χ2v) is 5.53. The minimum atomic E-state index is -0.573. The number of hydrogen-bond acceptors (Lipinski definition) is 5. The summed E-state index contributed by atoms with van der Waals surface area (Å²) in [6.07, 6.45) is 0. The third-order valence-corrected chi connectivity index (χ3v) is 3.64. The molecular formula is C17H17N5O2. The highest BCUT2D eigenvalue weighted by atomic mass is 16.6. The molecule has 7 heteroatoms. The molecule has 24 heavy (non-hydrogen) atoms. The van der Waals surface area contributed by atoms with Crippen molar-refractivity contribution in [2.45, 2.75) is 6.04 Å². The molecule has 1 heterocycles. The van der Waals surface area contributed by atoms with Crippen molar-refractivity contribution in [3.05, 3.63) is 81.9 Å². The SMILES string of the molecule is CN(C)c1nc([N+](=O)[O-])nn1C(c1ccccc1)c1ccccc1. The van der Waals surface area contributed by atoms with Crippen LogP contribution in [0.4, 0.5) is 11.9 Å². The van der Waals surface area contributed by atoms with E-state index in [1.165, 1.54) is 0 Å². The fraction of sp³-hybridized carbons (Fsp3) is 0.176. The van der Waals surface area contributed by atoms with E-state index in [0.717, 1.165) is 11.1 Å². The zero-order valence-electron chi connectivity index (χ0n) is 13.4. The van der Waals surface area contributed by atoms with Crippen LogP contribution in [0.1, 0.15) is 17.2 Å². The predicted octanol–water partition coefficient (Wildman–Crippen LogP) is 2.89. The topological polar surface area (TPSA) is 77.1 Å². The van der Waals surface area contributed by atoms with Gasteiger partial charge in [0.25, 0.3) is 0 Å². The minimum Gasteiger partial charge on any atom is -0.390 e. The molecule has 0 amide bonds. The quantitative estimate of drug-likeness (QED) is 0.533. The first-order chi connectivity index (χ1) is 11.6. The largest absolute Gasteiger partial charge is 0.493 e. The summed E-state index contributed by atoms with van der Waals surface area (Å²) >= 11 is 0. The van der Waals surface area contributed by atoms with E-state index in [-0.39, 0.29) is 6.04 Å². The molecule has 0 aliphatic rings. The fourth-order valence-electron chi connectivity index (χ4n) is 2.61. The van der Waals surface area contributed by atoms with Gasteiger partial charge in [-0.3, -0.25) is 0 Å². The highest BCUT2D eigenvalue weighted by Gasteiger charge is 2.30. The minimum absolute atomic E-state index is 0.300. The third-order valence-electron chi connectivity index (χ3n) is 3.64. The molecule has 0 aliphatic carbocycles. The number of nitro groups is 1. The van der Waals surface area contributed by atoms with Gasteiger partial charge in [-0.2, -0.15) is 0 Å². The van der Waals surface area contributed by atoms with Crippen molar-refractivity contribution in [2.24, 2.45) is 0 Å². The Bertz CT molecular complexity index is 791. The monoisotopic (exact) mass is 323 g/mol. The van der Waals surface area contributed by atoms with Crippen molar-refractivity contribution >= 4 is 11.9 Å². The van der Waals surface area contributed by atoms with E-state index in [1.807, 2.05) is 60.7 Å². The molecule has 0 fully saturated rings. The number of aromatic nitrogens is 3. The highest BCUT2D eigenvalue weighted by molar-refractivity contribution is 5.39. The molecule has 0 N–H and O–H groups in total. The lowest BCUT2D eigenvalue weighted by atomic mass is 9.99. The Morgan fingerprint density at radius 1 is 1.00 bits per heavy atom. The van der Waals surface area contributed by atoms with Crippen molar-refractivity contribution in [2.75, 3.05) is 19.0 Å². The summed E-state index contributed by atoms with van der Waals surface area (Å²) in [6, 6.07) is 19.2. The summed E-state index contributed by atoms with van der Waals surface area (Å²) in [4.78, 5) is 16.3. The Hall–Kier alpha value is -3.22. The van der Waals surface area contributed by atoms with Crippen LogP contribution in [0.2, 0.25) is 0 Å². The average molecular weight is 323 g/mol. The molecule has 0 atom stereocenters. The Kier molecular flexibility index (Phi) is 4.24. The van der Waals surface area contributed by atoms with E-state index >= 15 is 0 Å². The molecule has 3 aromatic rings. The summed E-state index contributed by atoms with van der Waals surface area (Å²) in [5, 5.41) is 15.3. The van der Waals surface area contributed by atoms with Crippen molar-refractivity contribution in [3.8, 4) is 0 Å². The molecular weight excluding hydrogens is 306 g/mol. The van der Waals surface area contributed by atoms with E-state index in [9.17, 15) is 10.1 Å². The number of rotatable bonds is 5. The average Bonchev–Trinajstić information content (AvgIpc) is 3.03. The maximum absolute atomic E-state index is 11.1. The molecule has 1 aromatic heterocycles. The second kappa shape index (κ2) is 6.49. The van der Waals surface area contributed by atoms with Gasteiger partial charge in [0, 0.05) is 19.2 Å². The van der Waals surface area contributed by atoms with E-state index in [4.69, 9.17) is 0 Å². The normalized spacial score (nSPS) is 10.8. The van der Waals surface area contributed by atoms with Gasteiger partial charge in [-0.15, -0.1) is 4.68 Å². The van der Waals surface area contributed by atoms with Crippen LogP contribution >= 0.6 is 0 Å². The Labute approximate surface area is 139 Å². The zero-order chi connectivity index (χ0) is 17.1. The van der Waals surface area contributed by atoms with Crippen molar-refractivity contribution in [1.29, 1.82) is 0 Å². The van der Waals surface area contributed by atoms with Gasteiger partial charge in [0.1, 0.15) is 6.04 Å². The summed E-state index contributed by atoms with van der Waals surface area (Å²) in [5.74, 6) is 0.0231. The summed E-state index contributed by atoms with van der Waals surface area (Å²) < 4.78 is 1.60. The maximum Gasteiger partial charge on any atom is 0.493 e. The van der Waals surface area contributed by atoms with Gasteiger partial charge in [-0.25, -0.2) is 0 Å². The van der Waals surface area contributed by atoms with Crippen molar-refractivity contribution in [3.63, 3.8) is 0 Å². The van der Waals surface area contributed by atoms with E-state index in [0.29, 0.717) is 5.95 Å². The molecule has 0 bridgehead atoms. The molecule has 0 spiro atoms. The first-order valence-electron chi connectivity index (χ1n) is 7.46. The van der Waals surface area contributed by atoms with Crippen LogP contribution in [0, 0.1) is 10.1 Å². The Balaban J connectivity index is 2.22. The molecule has 0 radical (unpaired) electrons. The van der Waals surface area contributed by atoms with Gasteiger partial charge in [0.2, 0.25) is 0 Å². The Morgan fingerprint density at radius 2 is 1.50 bits per heavy atom. The van der Waals surface area contributed by atoms with Gasteiger partial charge in [0.15, 0.2) is 0 Å². The lowest BCUT2D eigenvalue weighted by Crippen LogP contribution is -2.21. The van der Waals surface area contributed by atoms with E-state index < -0.39 is 10.9 Å². The number of anilines is 1. The summed E-state index contributed by atoms with van der Waals surface area (Å²) in [5.41, 5.74) is 1.96. The number of hydrogen-bond donors (Lipinski definition) is 0. The summed E-state index contributed by atoms with van der Waals surface area (Å²) in [6.45, 7) is 0. The van der Waals surface area contributed by atoms with Gasteiger partial charge in [-0.05, 0) is 21.0 Å². The lowest BCUT2D eigenvalue weighted by molar-refractivity contribution is -0.394. The number of benzene rings is 2. The molecule has 3 rings (SSSR count). The fourth-order valence-corrected chi connectivity index (χ4v) is 2.61. The highest BCUT2D eigenvalue weighted by Crippen LogP contribution is 2.30. The van der Waals surface area contributed by atoms with Crippen LogP contribution in [0.3, 0.4) is 0 Å². The second-order valence-electron chi connectivity index (χ2n) is 5.53. The van der Waals surface area contributed by atoms with Crippen LogP contribution < -0.4 is 4.90 Å². The van der Waals surface area contributed by atoms with Crippen LogP contribution in [0.15, 0.2) is 60.7 Å². The zero-order valence-corrected chi connectivity index (χ0v) is 13.4. The molecule has 0 unspecified atom stereocenters. The van der Waals surface area contributed by atoms with Gasteiger partial charge < -0.3 is 15.0 Å². The summed E-state index contributed by atoms with van der Waals surface area (Å²) in [7, 11) is 3.58. The standard InChI is InChI=1S/C17H17N5O2/c1-20(2)17-18-16(22(23)24)19-21(17)15(13-9-5-3-6-10-13)14-11-7-4-8-12-14/h3-12,15H,1-2H3. The van der Waals surface area contributed by atoms with Gasteiger partial charge >= 0.3 is 11.9 Å². The van der Waals surface area contributed by atoms with E-state index in [1.54, 1.807) is 23.7 Å². The third kappa shape index (κ3) is 2.96. The van der Waals surface area contributed by atoms with Crippen LogP contribution in [0.25, 0.3) is 0 Å². The smallest absolute Gasteiger partial charge is 0.390 e. The van der Waals surface area contributed by atoms with Crippen LogP contribution in [-0.2, 0) is 0 Å². The Morgan fingerprint density at radius 3 is 1.92 bits per heavy atom. The molecule has 7 nitrogen and oxygen atoms in total. The first kappa shape index (κ1) is 15.7. The molecule has 0 saturated heterocycles. The van der Waals surface area contributed by atoms with Crippen molar-refractivity contribution < 1.29 is 4.92 Å². The van der Waals surface area contributed by atoms with E-state index in [2.05, 4.69) is 10.1 Å². The van der Waals surface area contributed by atoms with Gasteiger partial charge in [-0.1, -0.05) is 60.7 Å². The first-order valence-corrected chi connectivity index (χ1v) is 7.46.